The molecule has 4 rings (SSSR count). The summed E-state index contributed by atoms with van der Waals surface area (Å²) >= 11 is 6.73. The van der Waals surface area contributed by atoms with Gasteiger partial charge in [0.25, 0.3) is 11.8 Å². The molecule has 1 saturated heterocycles. The predicted molar refractivity (Wildman–Crippen MR) is 144 cm³/mol. The average Bonchev–Trinajstić information content (AvgIpc) is 3.30. The van der Waals surface area contributed by atoms with E-state index in [9.17, 15) is 9.59 Å². The van der Waals surface area contributed by atoms with Crippen molar-refractivity contribution in [2.24, 2.45) is 0 Å². The van der Waals surface area contributed by atoms with E-state index in [4.69, 9.17) is 21.7 Å². The molecule has 1 N–H and O–H groups in total. The van der Waals surface area contributed by atoms with E-state index in [1.165, 1.54) is 23.9 Å². The fourth-order valence-electron chi connectivity index (χ4n) is 3.63. The number of nitrogens with zero attached hydrogens (tertiary/aromatic N) is 2. The van der Waals surface area contributed by atoms with Crippen molar-refractivity contribution in [1.82, 2.24) is 4.68 Å². The fourth-order valence-corrected chi connectivity index (χ4v) is 4.87. The zero-order valence-corrected chi connectivity index (χ0v) is 21.5. The van der Waals surface area contributed by atoms with Gasteiger partial charge in [-0.1, -0.05) is 35.5 Å². The molecular weight excluding hydrogens is 482 g/mol. The lowest BCUT2D eigenvalue weighted by atomic mass is 10.2. The maximum absolute atomic E-state index is 13.1. The van der Waals surface area contributed by atoms with Crippen molar-refractivity contribution in [3.63, 3.8) is 0 Å². The number of methoxy groups -OCH3 is 1. The minimum Gasteiger partial charge on any atom is -0.493 e. The number of carbonyl (C=O) groups is 2. The maximum atomic E-state index is 13.1. The van der Waals surface area contributed by atoms with Gasteiger partial charge in [0.05, 0.1) is 12.0 Å². The molecule has 1 aliphatic heterocycles. The summed E-state index contributed by atoms with van der Waals surface area (Å²) in [6.45, 7) is 5.67. The molecule has 0 atom stereocenters. The van der Waals surface area contributed by atoms with Crippen LogP contribution in [0.25, 0.3) is 6.08 Å². The van der Waals surface area contributed by atoms with Crippen molar-refractivity contribution in [1.29, 1.82) is 0 Å². The lowest BCUT2D eigenvalue weighted by molar-refractivity contribution is -0.118. The van der Waals surface area contributed by atoms with E-state index in [1.54, 1.807) is 24.3 Å². The van der Waals surface area contributed by atoms with Gasteiger partial charge in [0.1, 0.15) is 0 Å². The molecule has 1 fully saturated rings. The van der Waals surface area contributed by atoms with Crippen LogP contribution in [0, 0.1) is 20.8 Å². The van der Waals surface area contributed by atoms with E-state index in [1.807, 2.05) is 61.8 Å². The molecule has 0 radical (unpaired) electrons. The number of rotatable bonds is 7. The molecule has 1 aromatic heterocycles. The summed E-state index contributed by atoms with van der Waals surface area (Å²) in [5.74, 6) is 0.415. The molecule has 9 heteroatoms. The highest BCUT2D eigenvalue weighted by atomic mass is 32.2. The first kappa shape index (κ1) is 24.6. The van der Waals surface area contributed by atoms with Crippen molar-refractivity contribution >= 4 is 51.9 Å². The number of aryl methyl sites for hydroxylation is 3. The lowest BCUT2D eigenvalue weighted by Crippen LogP contribution is -2.39. The Bertz CT molecular complexity index is 1310. The number of thioether (sulfide) groups is 1. The summed E-state index contributed by atoms with van der Waals surface area (Å²) in [6, 6.07) is 16.7. The molecule has 2 amide bonds. The predicted octanol–water partition coefficient (Wildman–Crippen LogP) is 4.98. The van der Waals surface area contributed by atoms with Gasteiger partial charge in [-0.05, 0) is 81.0 Å². The molecule has 180 valence electrons. The van der Waals surface area contributed by atoms with E-state index in [2.05, 4.69) is 5.32 Å². The minimum absolute atomic E-state index is 0.169. The van der Waals surface area contributed by atoms with Gasteiger partial charge >= 0.3 is 0 Å². The standard InChI is InChI=1S/C26H25N3O4S2/c1-16-5-10-20(11-6-16)27-24(30)15-33-21-12-9-19(13-22(21)32-4)14-23-25(31)29(26(34)35-23)28-17(2)7-8-18(28)3/h5-14H,15H2,1-4H3,(H,27,30)/b23-14+. The molecule has 0 aliphatic carbocycles. The number of anilines is 1. The van der Waals surface area contributed by atoms with Gasteiger partial charge in [0.15, 0.2) is 22.4 Å². The first-order valence-electron chi connectivity index (χ1n) is 10.9. The number of amides is 2. The third-order valence-corrected chi connectivity index (χ3v) is 6.67. The van der Waals surface area contributed by atoms with Gasteiger partial charge in [-0.15, -0.1) is 0 Å². The highest BCUT2D eigenvalue weighted by molar-refractivity contribution is 8.27. The van der Waals surface area contributed by atoms with Crippen LogP contribution in [0.3, 0.4) is 0 Å². The van der Waals surface area contributed by atoms with Gasteiger partial charge in [-0.25, -0.2) is 0 Å². The molecule has 0 saturated carbocycles. The lowest BCUT2D eigenvalue weighted by Gasteiger charge is -2.20. The van der Waals surface area contributed by atoms with Crippen LogP contribution in [0.5, 0.6) is 11.5 Å². The van der Waals surface area contributed by atoms with Crippen molar-refractivity contribution in [3.8, 4) is 11.5 Å². The monoisotopic (exact) mass is 507 g/mol. The number of hydrogen-bond acceptors (Lipinski definition) is 6. The minimum atomic E-state index is -0.278. The molecule has 0 bridgehead atoms. The molecule has 0 unspecified atom stereocenters. The summed E-state index contributed by atoms with van der Waals surface area (Å²) in [5.41, 5.74) is 4.42. The van der Waals surface area contributed by atoms with E-state index in [-0.39, 0.29) is 18.4 Å². The Kier molecular flexibility index (Phi) is 7.28. The molecular formula is C26H25N3O4S2. The highest BCUT2D eigenvalue weighted by Crippen LogP contribution is 2.35. The largest absolute Gasteiger partial charge is 0.493 e. The Balaban J connectivity index is 1.46. The van der Waals surface area contributed by atoms with E-state index in [0.717, 1.165) is 22.5 Å². The number of benzene rings is 2. The van der Waals surface area contributed by atoms with E-state index >= 15 is 0 Å². The number of carbonyl (C=O) groups excluding carboxylic acids is 2. The third kappa shape index (κ3) is 5.41. The fraction of sp³-hybridized carbons (Fsp3) is 0.192. The zero-order chi connectivity index (χ0) is 25.1. The normalized spacial score (nSPS) is 14.5. The number of nitrogens with one attached hydrogen (secondary N) is 1. The summed E-state index contributed by atoms with van der Waals surface area (Å²) < 4.78 is 13.4. The molecule has 0 spiro atoms. The molecule has 2 aromatic carbocycles. The first-order chi connectivity index (χ1) is 16.8. The van der Waals surface area contributed by atoms with Crippen LogP contribution >= 0.6 is 24.0 Å². The maximum Gasteiger partial charge on any atom is 0.285 e. The highest BCUT2D eigenvalue weighted by Gasteiger charge is 2.34. The summed E-state index contributed by atoms with van der Waals surface area (Å²) in [6.07, 6.45) is 1.77. The van der Waals surface area contributed by atoms with Crippen LogP contribution in [-0.4, -0.2) is 34.5 Å². The second-order valence-electron chi connectivity index (χ2n) is 8.03. The Morgan fingerprint density at radius 1 is 1.03 bits per heavy atom. The van der Waals surface area contributed by atoms with Crippen LogP contribution in [0.4, 0.5) is 5.69 Å². The average molecular weight is 508 g/mol. The topological polar surface area (TPSA) is 72.8 Å². The molecule has 1 aliphatic rings. The van der Waals surface area contributed by atoms with Gasteiger partial charge < -0.3 is 14.8 Å². The molecule has 3 aromatic rings. The number of ether oxygens (including phenoxy) is 2. The number of hydrogen-bond donors (Lipinski definition) is 1. The Morgan fingerprint density at radius 2 is 1.71 bits per heavy atom. The van der Waals surface area contributed by atoms with Gasteiger partial charge in [0.2, 0.25) is 0 Å². The Morgan fingerprint density at radius 3 is 2.37 bits per heavy atom. The summed E-state index contributed by atoms with van der Waals surface area (Å²) in [7, 11) is 1.52. The molecule has 35 heavy (non-hydrogen) atoms. The van der Waals surface area contributed by atoms with Crippen LogP contribution in [-0.2, 0) is 9.59 Å². The van der Waals surface area contributed by atoms with Crippen molar-refractivity contribution in [2.75, 3.05) is 24.0 Å². The van der Waals surface area contributed by atoms with Crippen molar-refractivity contribution < 1.29 is 19.1 Å². The van der Waals surface area contributed by atoms with Gasteiger partial charge in [-0.3, -0.25) is 14.3 Å². The summed E-state index contributed by atoms with van der Waals surface area (Å²) in [5, 5.41) is 4.31. The van der Waals surface area contributed by atoms with Crippen LogP contribution in [0.15, 0.2) is 59.5 Å². The van der Waals surface area contributed by atoms with E-state index in [0.29, 0.717) is 26.4 Å². The SMILES string of the molecule is COc1cc(/C=C2/SC(=S)N(n3c(C)ccc3C)C2=O)ccc1OCC(=O)Nc1ccc(C)cc1. The second-order valence-corrected chi connectivity index (χ2v) is 9.71. The van der Waals surface area contributed by atoms with Crippen LogP contribution < -0.4 is 19.8 Å². The van der Waals surface area contributed by atoms with Crippen molar-refractivity contribution in [3.05, 3.63) is 82.0 Å². The Hall–Kier alpha value is -3.56. The quantitative estimate of drug-likeness (QED) is 0.359. The van der Waals surface area contributed by atoms with Crippen LogP contribution in [0.2, 0.25) is 0 Å². The third-order valence-electron chi connectivity index (χ3n) is 5.39. The van der Waals surface area contributed by atoms with Crippen LogP contribution in [0.1, 0.15) is 22.5 Å². The summed E-state index contributed by atoms with van der Waals surface area (Å²) in [4.78, 5) is 25.9. The second kappa shape index (κ2) is 10.4. The molecule has 7 nitrogen and oxygen atoms in total. The molecule has 2 heterocycles. The smallest absolute Gasteiger partial charge is 0.285 e. The Labute approximate surface area is 213 Å². The van der Waals surface area contributed by atoms with Crippen molar-refractivity contribution in [2.45, 2.75) is 20.8 Å². The van der Waals surface area contributed by atoms with Gasteiger partial charge in [0, 0.05) is 17.1 Å². The van der Waals surface area contributed by atoms with Gasteiger partial charge in [-0.2, -0.15) is 5.01 Å². The number of aromatic nitrogens is 1. The zero-order valence-electron chi connectivity index (χ0n) is 19.8. The number of thiocarbonyl (C=S) groups is 1. The first-order valence-corrected chi connectivity index (χ1v) is 12.1. The van der Waals surface area contributed by atoms with E-state index < -0.39 is 0 Å².